The van der Waals surface area contributed by atoms with Crippen molar-refractivity contribution in [3.05, 3.63) is 95.1 Å². The smallest absolute Gasteiger partial charge is 0.343 e. The molecule has 0 spiro atoms. The molecule has 4 nitrogen and oxygen atoms in total. The normalized spacial score (nSPS) is 10.6. The number of hydrogen-bond donors (Lipinski definition) is 0. The van der Waals surface area contributed by atoms with Gasteiger partial charge in [-0.1, -0.05) is 56.2 Å². The van der Waals surface area contributed by atoms with Gasteiger partial charge < -0.3 is 9.47 Å². The average Bonchev–Trinajstić information content (AvgIpc) is 2.82. The van der Waals surface area contributed by atoms with Crippen molar-refractivity contribution < 1.29 is 14.3 Å². The Morgan fingerprint density at radius 1 is 0.839 bits per heavy atom. The zero-order valence-corrected chi connectivity index (χ0v) is 17.6. The fraction of sp³-hybridized carbons (Fsp3) is 0.185. The van der Waals surface area contributed by atoms with Crippen molar-refractivity contribution in [3.63, 3.8) is 0 Å². The molecule has 0 atom stereocenters. The van der Waals surface area contributed by atoms with Gasteiger partial charge in [0, 0.05) is 0 Å². The first-order valence-electron chi connectivity index (χ1n) is 10.4. The van der Waals surface area contributed by atoms with Gasteiger partial charge in [0.2, 0.25) is 0 Å². The molecule has 0 aromatic heterocycles. The Balaban J connectivity index is 1.54. The van der Waals surface area contributed by atoms with Gasteiger partial charge in [-0.25, -0.2) is 4.79 Å². The minimum atomic E-state index is -0.435. The van der Waals surface area contributed by atoms with Crippen molar-refractivity contribution >= 4 is 18.1 Å². The van der Waals surface area contributed by atoms with Crippen LogP contribution in [0.25, 0.3) is 12.2 Å². The molecular weight excluding hydrogens is 386 g/mol. The van der Waals surface area contributed by atoms with E-state index in [-0.39, 0.29) is 0 Å². The van der Waals surface area contributed by atoms with E-state index in [1.165, 1.54) is 12.8 Å². The maximum Gasteiger partial charge on any atom is 0.343 e. The molecule has 0 amide bonds. The summed E-state index contributed by atoms with van der Waals surface area (Å²) in [6, 6.07) is 23.7. The van der Waals surface area contributed by atoms with Crippen molar-refractivity contribution in [3.8, 4) is 17.6 Å². The molecular formula is C27H25NO3. The third-order valence-corrected chi connectivity index (χ3v) is 4.71. The van der Waals surface area contributed by atoms with Crippen molar-refractivity contribution in [1.29, 1.82) is 5.26 Å². The van der Waals surface area contributed by atoms with E-state index in [0.717, 1.165) is 29.9 Å². The highest BCUT2D eigenvalue weighted by Crippen LogP contribution is 2.17. The van der Waals surface area contributed by atoms with Gasteiger partial charge in [-0.2, -0.15) is 5.26 Å². The van der Waals surface area contributed by atoms with Gasteiger partial charge in [0.25, 0.3) is 0 Å². The number of rotatable bonds is 9. The Bertz CT molecular complexity index is 1040. The van der Waals surface area contributed by atoms with E-state index in [1.54, 1.807) is 36.4 Å². The maximum absolute atomic E-state index is 12.3. The van der Waals surface area contributed by atoms with Gasteiger partial charge in [-0.05, 0) is 66.1 Å². The van der Waals surface area contributed by atoms with E-state index >= 15 is 0 Å². The zero-order chi connectivity index (χ0) is 21.9. The van der Waals surface area contributed by atoms with Crippen LogP contribution in [0.5, 0.6) is 11.5 Å². The number of esters is 1. The van der Waals surface area contributed by atoms with Crippen LogP contribution in [0, 0.1) is 11.3 Å². The van der Waals surface area contributed by atoms with Crippen LogP contribution >= 0.6 is 0 Å². The van der Waals surface area contributed by atoms with Gasteiger partial charge in [-0.3, -0.25) is 0 Å². The van der Waals surface area contributed by atoms with E-state index in [9.17, 15) is 4.79 Å². The molecule has 0 fully saturated rings. The number of carbonyl (C=O) groups excluding carboxylic acids is 1. The molecule has 156 valence electrons. The first-order chi connectivity index (χ1) is 15.2. The SMILES string of the molecule is CCCCCOc1ccc(/C=C/c2ccc(C(=O)Oc3ccc(C#N)cc3)cc2)cc1. The van der Waals surface area contributed by atoms with E-state index in [4.69, 9.17) is 14.7 Å². The lowest BCUT2D eigenvalue weighted by atomic mass is 10.1. The minimum Gasteiger partial charge on any atom is -0.494 e. The first-order valence-corrected chi connectivity index (χ1v) is 10.4. The molecule has 0 unspecified atom stereocenters. The highest BCUT2D eigenvalue weighted by atomic mass is 16.5. The van der Waals surface area contributed by atoms with Gasteiger partial charge in [0.15, 0.2) is 0 Å². The number of hydrogen-bond acceptors (Lipinski definition) is 4. The maximum atomic E-state index is 12.3. The monoisotopic (exact) mass is 411 g/mol. The average molecular weight is 412 g/mol. The lowest BCUT2D eigenvalue weighted by molar-refractivity contribution is 0.0734. The quantitative estimate of drug-likeness (QED) is 0.174. The highest BCUT2D eigenvalue weighted by molar-refractivity contribution is 5.91. The predicted octanol–water partition coefficient (Wildman–Crippen LogP) is 6.52. The summed E-state index contributed by atoms with van der Waals surface area (Å²) in [6.45, 7) is 2.93. The number of carbonyl (C=O) groups is 1. The van der Waals surface area contributed by atoms with Crippen molar-refractivity contribution in [2.24, 2.45) is 0 Å². The molecule has 0 saturated carbocycles. The summed E-state index contributed by atoms with van der Waals surface area (Å²) >= 11 is 0. The van der Waals surface area contributed by atoms with Crippen LogP contribution in [-0.2, 0) is 0 Å². The molecule has 0 bridgehead atoms. The van der Waals surface area contributed by atoms with Crippen LogP contribution in [0.3, 0.4) is 0 Å². The summed E-state index contributed by atoms with van der Waals surface area (Å²) < 4.78 is 11.1. The molecule has 3 aromatic carbocycles. The largest absolute Gasteiger partial charge is 0.494 e. The number of unbranched alkanes of at least 4 members (excludes halogenated alkanes) is 2. The standard InChI is InChI=1S/C27H25NO3/c1-2-3-4-19-30-25-15-9-22(10-16-25)6-5-21-7-13-24(14-8-21)27(29)31-26-17-11-23(20-28)12-18-26/h5-18H,2-4,19H2,1H3/b6-5+. The first kappa shape index (κ1) is 21.9. The van der Waals surface area contributed by atoms with E-state index in [0.29, 0.717) is 16.9 Å². The second-order valence-corrected chi connectivity index (χ2v) is 7.11. The van der Waals surface area contributed by atoms with Crippen LogP contribution in [-0.4, -0.2) is 12.6 Å². The lowest BCUT2D eigenvalue weighted by Gasteiger charge is -2.06. The van der Waals surface area contributed by atoms with Crippen LogP contribution in [0.15, 0.2) is 72.8 Å². The molecule has 0 aliphatic rings. The Morgan fingerprint density at radius 3 is 2.00 bits per heavy atom. The summed E-state index contributed by atoms with van der Waals surface area (Å²) in [5.41, 5.74) is 3.04. The van der Waals surface area contributed by atoms with Crippen LogP contribution < -0.4 is 9.47 Å². The van der Waals surface area contributed by atoms with Gasteiger partial charge in [0.1, 0.15) is 11.5 Å². The van der Waals surface area contributed by atoms with Crippen LogP contribution in [0.2, 0.25) is 0 Å². The number of nitrogens with zero attached hydrogens (tertiary/aromatic N) is 1. The van der Waals surface area contributed by atoms with Crippen molar-refractivity contribution in [1.82, 2.24) is 0 Å². The molecule has 0 heterocycles. The number of benzene rings is 3. The minimum absolute atomic E-state index is 0.408. The number of nitriles is 1. The summed E-state index contributed by atoms with van der Waals surface area (Å²) in [7, 11) is 0. The molecule has 0 aliphatic heterocycles. The van der Waals surface area contributed by atoms with E-state index in [1.807, 2.05) is 54.6 Å². The molecule has 0 radical (unpaired) electrons. The molecule has 0 saturated heterocycles. The summed E-state index contributed by atoms with van der Waals surface area (Å²) in [6.07, 6.45) is 7.46. The topological polar surface area (TPSA) is 59.3 Å². The Kier molecular flexibility index (Phi) is 8.02. The molecule has 31 heavy (non-hydrogen) atoms. The van der Waals surface area contributed by atoms with Crippen molar-refractivity contribution in [2.75, 3.05) is 6.61 Å². The Hall–Kier alpha value is -3.84. The summed E-state index contributed by atoms with van der Waals surface area (Å²) in [5, 5.41) is 8.82. The van der Waals surface area contributed by atoms with Crippen molar-refractivity contribution in [2.45, 2.75) is 26.2 Å². The van der Waals surface area contributed by atoms with E-state index in [2.05, 4.69) is 6.92 Å². The molecule has 3 rings (SSSR count). The third-order valence-electron chi connectivity index (χ3n) is 4.71. The fourth-order valence-corrected chi connectivity index (χ4v) is 2.90. The summed E-state index contributed by atoms with van der Waals surface area (Å²) in [4.78, 5) is 12.3. The summed E-state index contributed by atoms with van der Waals surface area (Å²) in [5.74, 6) is 0.860. The lowest BCUT2D eigenvalue weighted by Crippen LogP contribution is -2.08. The van der Waals surface area contributed by atoms with Crippen LogP contribution in [0.1, 0.15) is 53.2 Å². The Labute approximate surface area is 183 Å². The Morgan fingerprint density at radius 2 is 1.42 bits per heavy atom. The second kappa shape index (κ2) is 11.4. The molecule has 0 aliphatic carbocycles. The van der Waals surface area contributed by atoms with Gasteiger partial charge in [0.05, 0.1) is 23.8 Å². The zero-order valence-electron chi connectivity index (χ0n) is 17.6. The fourth-order valence-electron chi connectivity index (χ4n) is 2.90. The number of ether oxygens (including phenoxy) is 2. The van der Waals surface area contributed by atoms with Crippen LogP contribution in [0.4, 0.5) is 0 Å². The molecule has 4 heteroatoms. The van der Waals surface area contributed by atoms with Gasteiger partial charge in [-0.15, -0.1) is 0 Å². The highest BCUT2D eigenvalue weighted by Gasteiger charge is 2.08. The third kappa shape index (κ3) is 6.87. The van der Waals surface area contributed by atoms with E-state index < -0.39 is 5.97 Å². The molecule has 0 N–H and O–H groups in total. The second-order valence-electron chi connectivity index (χ2n) is 7.11. The predicted molar refractivity (Wildman–Crippen MR) is 123 cm³/mol. The molecule has 3 aromatic rings. The van der Waals surface area contributed by atoms with Gasteiger partial charge >= 0.3 is 5.97 Å².